The van der Waals surface area contributed by atoms with Gasteiger partial charge < -0.3 is 9.84 Å². The van der Waals surface area contributed by atoms with E-state index in [4.69, 9.17) is 16.3 Å². The van der Waals surface area contributed by atoms with E-state index in [1.54, 1.807) is 18.2 Å². The van der Waals surface area contributed by atoms with Crippen LogP contribution >= 0.6 is 11.6 Å². The Labute approximate surface area is 182 Å². The maximum atomic E-state index is 12.7. The van der Waals surface area contributed by atoms with Crippen LogP contribution in [0.15, 0.2) is 78.9 Å². The Kier molecular flexibility index (Phi) is 7.37. The van der Waals surface area contributed by atoms with Crippen LogP contribution < -0.4 is 9.04 Å². The van der Waals surface area contributed by atoms with E-state index in [0.717, 1.165) is 17.4 Å². The molecule has 1 atom stereocenters. The highest BCUT2D eigenvalue weighted by Crippen LogP contribution is 2.35. The number of hydrogen-bond donors (Lipinski definition) is 1. The average molecular weight is 446 g/mol. The molecule has 3 aromatic rings. The molecule has 0 aliphatic rings. The Morgan fingerprint density at radius 1 is 0.967 bits per heavy atom. The maximum absolute atomic E-state index is 12.7. The zero-order chi connectivity index (χ0) is 21.6. The van der Waals surface area contributed by atoms with Gasteiger partial charge in [0, 0.05) is 0 Å². The van der Waals surface area contributed by atoms with E-state index >= 15 is 0 Å². The minimum Gasteiger partial charge on any atom is -0.487 e. The molecular weight excluding hydrogens is 422 g/mol. The van der Waals surface area contributed by atoms with Crippen LogP contribution in [0.1, 0.15) is 22.8 Å². The molecule has 0 saturated heterocycles. The average Bonchev–Trinajstić information content (AvgIpc) is 2.76. The smallest absolute Gasteiger partial charge is 0.232 e. The number of anilines is 1. The molecular formula is C23H24ClNO4S. The van der Waals surface area contributed by atoms with Gasteiger partial charge in [-0.05, 0) is 28.8 Å². The van der Waals surface area contributed by atoms with Gasteiger partial charge in [0.05, 0.1) is 30.5 Å². The van der Waals surface area contributed by atoms with Crippen LogP contribution in [0, 0.1) is 0 Å². The lowest BCUT2D eigenvalue weighted by atomic mass is 10.1. The van der Waals surface area contributed by atoms with Crippen LogP contribution in [0.2, 0.25) is 0 Å². The van der Waals surface area contributed by atoms with Gasteiger partial charge >= 0.3 is 0 Å². The van der Waals surface area contributed by atoms with Crippen molar-refractivity contribution < 1.29 is 18.3 Å². The quantitative estimate of drug-likeness (QED) is 0.492. The number of benzene rings is 3. The molecule has 0 heterocycles. The van der Waals surface area contributed by atoms with Crippen molar-refractivity contribution in [2.75, 3.05) is 16.4 Å². The van der Waals surface area contributed by atoms with Crippen LogP contribution in [0.3, 0.4) is 0 Å². The summed E-state index contributed by atoms with van der Waals surface area (Å²) in [6.45, 7) is 0.427. The number of nitrogens with zero attached hydrogens (tertiary/aromatic N) is 1. The SMILES string of the molecule is CS(=O)(=O)N(Cc1ccccc1)c1cc(C(O)CCl)ccc1OCc1ccccc1. The van der Waals surface area contributed by atoms with Crippen LogP contribution in [-0.2, 0) is 23.2 Å². The van der Waals surface area contributed by atoms with E-state index in [1.807, 2.05) is 60.7 Å². The monoisotopic (exact) mass is 445 g/mol. The molecule has 0 aromatic heterocycles. The molecule has 0 aliphatic heterocycles. The van der Waals surface area contributed by atoms with E-state index in [1.165, 1.54) is 4.31 Å². The molecule has 158 valence electrons. The molecule has 0 fully saturated rings. The van der Waals surface area contributed by atoms with Crippen molar-refractivity contribution in [2.24, 2.45) is 0 Å². The molecule has 30 heavy (non-hydrogen) atoms. The summed E-state index contributed by atoms with van der Waals surface area (Å²) in [6, 6.07) is 23.9. The van der Waals surface area contributed by atoms with Crippen molar-refractivity contribution in [3.05, 3.63) is 95.6 Å². The fourth-order valence-corrected chi connectivity index (χ4v) is 4.08. The molecule has 5 nitrogen and oxygen atoms in total. The van der Waals surface area contributed by atoms with Crippen molar-refractivity contribution in [1.82, 2.24) is 0 Å². The van der Waals surface area contributed by atoms with E-state index in [9.17, 15) is 13.5 Å². The number of ether oxygens (including phenoxy) is 1. The predicted octanol–water partition coefficient (Wildman–Crippen LogP) is 4.50. The Morgan fingerprint density at radius 3 is 2.13 bits per heavy atom. The van der Waals surface area contributed by atoms with E-state index in [-0.39, 0.29) is 19.0 Å². The normalized spacial score (nSPS) is 12.4. The predicted molar refractivity (Wildman–Crippen MR) is 120 cm³/mol. The first-order valence-corrected chi connectivity index (χ1v) is 11.8. The fraction of sp³-hybridized carbons (Fsp3) is 0.217. The second-order valence-corrected chi connectivity index (χ2v) is 9.14. The van der Waals surface area contributed by atoms with E-state index in [2.05, 4.69) is 0 Å². The summed E-state index contributed by atoms with van der Waals surface area (Å²) < 4.78 is 32.7. The Bertz CT molecular complexity index is 1060. The minimum atomic E-state index is -3.63. The molecule has 0 amide bonds. The highest BCUT2D eigenvalue weighted by atomic mass is 35.5. The number of aliphatic hydroxyl groups is 1. The largest absolute Gasteiger partial charge is 0.487 e. The molecule has 3 aromatic carbocycles. The van der Waals surface area contributed by atoms with E-state index in [0.29, 0.717) is 17.0 Å². The van der Waals surface area contributed by atoms with Gasteiger partial charge in [0.15, 0.2) is 0 Å². The van der Waals surface area contributed by atoms with Gasteiger partial charge in [0.2, 0.25) is 10.0 Å². The zero-order valence-corrected chi connectivity index (χ0v) is 18.2. The number of halogens is 1. The number of alkyl halides is 1. The van der Waals surface area contributed by atoms with Crippen LogP contribution in [-0.4, -0.2) is 25.7 Å². The van der Waals surface area contributed by atoms with Crippen molar-refractivity contribution >= 4 is 27.3 Å². The summed E-state index contributed by atoms with van der Waals surface area (Å²) in [6.07, 6.45) is 0.244. The summed E-state index contributed by atoms with van der Waals surface area (Å²) in [5, 5.41) is 10.2. The van der Waals surface area contributed by atoms with E-state index < -0.39 is 16.1 Å². The first-order chi connectivity index (χ1) is 14.4. The van der Waals surface area contributed by atoms with Gasteiger partial charge in [-0.2, -0.15) is 0 Å². The lowest BCUT2D eigenvalue weighted by Crippen LogP contribution is -2.30. The third-order valence-corrected chi connectivity index (χ3v) is 6.01. The maximum Gasteiger partial charge on any atom is 0.232 e. The Hall–Kier alpha value is -2.54. The lowest BCUT2D eigenvalue weighted by Gasteiger charge is -2.26. The second-order valence-electron chi connectivity index (χ2n) is 6.93. The first kappa shape index (κ1) is 22.2. The zero-order valence-electron chi connectivity index (χ0n) is 16.6. The molecule has 3 rings (SSSR count). The molecule has 0 saturated carbocycles. The third-order valence-electron chi connectivity index (χ3n) is 4.59. The van der Waals surface area contributed by atoms with Gasteiger partial charge in [0.25, 0.3) is 0 Å². The van der Waals surface area contributed by atoms with Crippen LogP contribution in [0.25, 0.3) is 0 Å². The third kappa shape index (κ3) is 5.75. The summed E-state index contributed by atoms with van der Waals surface area (Å²) in [7, 11) is -3.63. The summed E-state index contributed by atoms with van der Waals surface area (Å²) in [5.41, 5.74) is 2.68. The van der Waals surface area contributed by atoms with Crippen LogP contribution in [0.5, 0.6) is 5.75 Å². The number of hydrogen-bond acceptors (Lipinski definition) is 4. The molecule has 7 heteroatoms. The van der Waals surface area contributed by atoms with Gasteiger partial charge in [-0.25, -0.2) is 8.42 Å². The van der Waals surface area contributed by atoms with Gasteiger partial charge in [-0.3, -0.25) is 4.31 Å². The molecule has 1 N–H and O–H groups in total. The molecule has 0 spiro atoms. The molecule has 0 aliphatic carbocycles. The first-order valence-electron chi connectivity index (χ1n) is 9.45. The topological polar surface area (TPSA) is 66.8 Å². The lowest BCUT2D eigenvalue weighted by molar-refractivity contribution is 0.202. The van der Waals surface area contributed by atoms with Gasteiger partial charge in [0.1, 0.15) is 12.4 Å². The summed E-state index contributed by atoms with van der Waals surface area (Å²) >= 11 is 5.81. The summed E-state index contributed by atoms with van der Waals surface area (Å²) in [4.78, 5) is 0. The Morgan fingerprint density at radius 2 is 1.57 bits per heavy atom. The Balaban J connectivity index is 2.01. The highest BCUT2D eigenvalue weighted by molar-refractivity contribution is 7.92. The van der Waals surface area contributed by atoms with Crippen molar-refractivity contribution in [3.8, 4) is 5.75 Å². The number of aliphatic hydroxyl groups excluding tert-OH is 1. The molecule has 0 radical (unpaired) electrons. The molecule has 1 unspecified atom stereocenters. The van der Waals surface area contributed by atoms with Gasteiger partial charge in [-0.1, -0.05) is 66.7 Å². The standard InChI is InChI=1S/C23H24ClNO4S/c1-30(27,28)25(16-18-8-4-2-5-9-18)21-14-20(22(26)15-24)12-13-23(21)29-17-19-10-6-3-7-11-19/h2-14,22,26H,15-17H2,1H3. The second kappa shape index (κ2) is 9.98. The van der Waals surface area contributed by atoms with Gasteiger partial charge in [-0.15, -0.1) is 11.6 Å². The molecule has 0 bridgehead atoms. The fourth-order valence-electron chi connectivity index (χ4n) is 3.01. The van der Waals surface area contributed by atoms with Crippen molar-refractivity contribution in [2.45, 2.75) is 19.3 Å². The number of sulfonamides is 1. The van der Waals surface area contributed by atoms with Crippen LogP contribution in [0.4, 0.5) is 5.69 Å². The van der Waals surface area contributed by atoms with Crippen molar-refractivity contribution in [1.29, 1.82) is 0 Å². The number of rotatable bonds is 9. The minimum absolute atomic E-state index is 0.00121. The highest BCUT2D eigenvalue weighted by Gasteiger charge is 2.23. The summed E-state index contributed by atoms with van der Waals surface area (Å²) in [5.74, 6) is 0.409. The van der Waals surface area contributed by atoms with Crippen molar-refractivity contribution in [3.63, 3.8) is 0 Å².